The van der Waals surface area contributed by atoms with Crippen molar-refractivity contribution in [3.8, 4) is 0 Å². The van der Waals surface area contributed by atoms with E-state index in [-0.39, 0.29) is 6.61 Å². The Labute approximate surface area is 85.8 Å². The molecular weight excluding hydrogens is 236 g/mol. The summed E-state index contributed by atoms with van der Waals surface area (Å²) < 4.78 is 10.9. The summed E-state index contributed by atoms with van der Waals surface area (Å²) in [5.41, 5.74) is -1.03. The van der Waals surface area contributed by atoms with Crippen LogP contribution in [0.15, 0.2) is 21.2 Å². The van der Waals surface area contributed by atoms with E-state index < -0.39 is 5.60 Å². The first kappa shape index (κ1) is 10.8. The fourth-order valence-corrected chi connectivity index (χ4v) is 1.76. The van der Waals surface area contributed by atoms with Crippen LogP contribution in [0.3, 0.4) is 0 Å². The smallest absolute Gasteiger partial charge is 0.151 e. The molecule has 0 amide bonds. The van der Waals surface area contributed by atoms with Crippen molar-refractivity contribution < 1.29 is 14.3 Å². The van der Waals surface area contributed by atoms with Gasteiger partial charge in [-0.1, -0.05) is 6.92 Å². The monoisotopic (exact) mass is 248 g/mol. The van der Waals surface area contributed by atoms with Gasteiger partial charge in [0.1, 0.15) is 5.60 Å². The van der Waals surface area contributed by atoms with E-state index in [2.05, 4.69) is 15.9 Å². The lowest BCUT2D eigenvalue weighted by Crippen LogP contribution is -2.30. The van der Waals surface area contributed by atoms with Gasteiger partial charge in [0.05, 0.1) is 17.3 Å². The molecule has 4 heteroatoms. The SMILES string of the molecule is CCC(O)(COC)c1occc1Br. The van der Waals surface area contributed by atoms with E-state index in [0.29, 0.717) is 12.2 Å². The molecule has 0 saturated carbocycles. The van der Waals surface area contributed by atoms with Crippen LogP contribution in [0.2, 0.25) is 0 Å². The van der Waals surface area contributed by atoms with E-state index in [0.717, 1.165) is 4.47 Å². The Morgan fingerprint density at radius 2 is 2.38 bits per heavy atom. The summed E-state index contributed by atoms with van der Waals surface area (Å²) in [4.78, 5) is 0. The van der Waals surface area contributed by atoms with Crippen molar-refractivity contribution in [2.45, 2.75) is 18.9 Å². The zero-order valence-corrected chi connectivity index (χ0v) is 9.30. The molecule has 0 aliphatic rings. The molecule has 3 nitrogen and oxygen atoms in total. The number of rotatable bonds is 4. The number of furan rings is 1. The van der Waals surface area contributed by atoms with Gasteiger partial charge in [0.15, 0.2) is 5.76 Å². The van der Waals surface area contributed by atoms with E-state index in [1.165, 1.54) is 6.26 Å². The van der Waals surface area contributed by atoms with Gasteiger partial charge in [0, 0.05) is 7.11 Å². The van der Waals surface area contributed by atoms with Crippen LogP contribution < -0.4 is 0 Å². The number of methoxy groups -OCH3 is 1. The van der Waals surface area contributed by atoms with Crippen LogP contribution >= 0.6 is 15.9 Å². The summed E-state index contributed by atoms with van der Waals surface area (Å²) in [6.45, 7) is 2.11. The third-order valence-electron chi connectivity index (χ3n) is 2.01. The summed E-state index contributed by atoms with van der Waals surface area (Å²) in [7, 11) is 1.55. The lowest BCUT2D eigenvalue weighted by molar-refractivity contribution is -0.0540. The highest BCUT2D eigenvalue weighted by Crippen LogP contribution is 2.32. The second-order valence-electron chi connectivity index (χ2n) is 2.92. The van der Waals surface area contributed by atoms with Gasteiger partial charge in [-0.25, -0.2) is 0 Å². The summed E-state index contributed by atoms with van der Waals surface area (Å²) >= 11 is 3.30. The van der Waals surface area contributed by atoms with Crippen molar-refractivity contribution in [1.82, 2.24) is 0 Å². The predicted octanol–water partition coefficient (Wildman–Crippen LogP) is 2.29. The maximum atomic E-state index is 10.1. The van der Waals surface area contributed by atoms with Gasteiger partial charge in [0.2, 0.25) is 0 Å². The summed E-state index contributed by atoms with van der Waals surface area (Å²) in [6, 6.07) is 1.76. The van der Waals surface area contributed by atoms with Crippen LogP contribution in [0, 0.1) is 0 Å². The molecule has 1 aromatic heterocycles. The van der Waals surface area contributed by atoms with E-state index >= 15 is 0 Å². The van der Waals surface area contributed by atoms with Crippen LogP contribution in [0.4, 0.5) is 0 Å². The standard InChI is InChI=1S/C9H13BrO3/c1-3-9(11,6-12-2)8-7(10)4-5-13-8/h4-5,11H,3,6H2,1-2H3. The van der Waals surface area contributed by atoms with Gasteiger partial charge >= 0.3 is 0 Å². The third-order valence-corrected chi connectivity index (χ3v) is 2.63. The molecular formula is C9H13BrO3. The molecule has 13 heavy (non-hydrogen) atoms. The fourth-order valence-electron chi connectivity index (χ4n) is 1.19. The summed E-state index contributed by atoms with van der Waals surface area (Å²) in [5.74, 6) is 0.525. The summed E-state index contributed by atoms with van der Waals surface area (Å²) in [6.07, 6.45) is 2.09. The molecule has 0 fully saturated rings. The fraction of sp³-hybridized carbons (Fsp3) is 0.556. The second kappa shape index (κ2) is 4.26. The lowest BCUT2D eigenvalue weighted by Gasteiger charge is -2.23. The minimum absolute atomic E-state index is 0.232. The maximum absolute atomic E-state index is 10.1. The molecule has 1 N–H and O–H groups in total. The van der Waals surface area contributed by atoms with Gasteiger partial charge < -0.3 is 14.3 Å². The molecule has 1 aromatic rings. The average molecular weight is 249 g/mol. The highest BCUT2D eigenvalue weighted by molar-refractivity contribution is 9.10. The molecule has 1 heterocycles. The number of ether oxygens (including phenoxy) is 1. The second-order valence-corrected chi connectivity index (χ2v) is 3.77. The van der Waals surface area contributed by atoms with Crippen LogP contribution in [0.5, 0.6) is 0 Å². The van der Waals surface area contributed by atoms with Gasteiger partial charge in [0.25, 0.3) is 0 Å². The van der Waals surface area contributed by atoms with Crippen molar-refractivity contribution in [2.24, 2.45) is 0 Å². The Morgan fingerprint density at radius 1 is 1.69 bits per heavy atom. The van der Waals surface area contributed by atoms with E-state index in [4.69, 9.17) is 9.15 Å². The number of hydrogen-bond acceptors (Lipinski definition) is 3. The maximum Gasteiger partial charge on any atom is 0.151 e. The van der Waals surface area contributed by atoms with Crippen LogP contribution in [0.1, 0.15) is 19.1 Å². The molecule has 0 aliphatic carbocycles. The zero-order chi connectivity index (χ0) is 9.90. The topological polar surface area (TPSA) is 42.6 Å². The Hall–Kier alpha value is -0.320. The van der Waals surface area contributed by atoms with Crippen LogP contribution in [-0.4, -0.2) is 18.8 Å². The van der Waals surface area contributed by atoms with Crippen molar-refractivity contribution in [1.29, 1.82) is 0 Å². The first-order valence-electron chi connectivity index (χ1n) is 4.09. The van der Waals surface area contributed by atoms with Crippen molar-refractivity contribution >= 4 is 15.9 Å². The average Bonchev–Trinajstić information content (AvgIpc) is 2.52. The minimum atomic E-state index is -1.03. The molecule has 1 unspecified atom stereocenters. The normalized spacial score (nSPS) is 15.7. The molecule has 0 bridgehead atoms. The number of halogens is 1. The molecule has 1 atom stereocenters. The molecule has 1 rings (SSSR count). The van der Waals surface area contributed by atoms with E-state index in [1.54, 1.807) is 13.2 Å². The first-order chi connectivity index (χ1) is 6.14. The predicted molar refractivity (Wildman–Crippen MR) is 52.5 cm³/mol. The molecule has 0 radical (unpaired) electrons. The van der Waals surface area contributed by atoms with Crippen molar-refractivity contribution in [3.05, 3.63) is 22.6 Å². The van der Waals surface area contributed by atoms with Crippen molar-refractivity contribution in [2.75, 3.05) is 13.7 Å². The minimum Gasteiger partial charge on any atom is -0.465 e. The van der Waals surface area contributed by atoms with E-state index in [9.17, 15) is 5.11 Å². The Morgan fingerprint density at radius 3 is 2.77 bits per heavy atom. The highest BCUT2D eigenvalue weighted by atomic mass is 79.9. The van der Waals surface area contributed by atoms with Crippen LogP contribution in [-0.2, 0) is 10.3 Å². The van der Waals surface area contributed by atoms with Gasteiger partial charge in [-0.3, -0.25) is 0 Å². The molecule has 0 aromatic carbocycles. The Bertz CT molecular complexity index is 272. The Kier molecular flexibility index (Phi) is 3.53. The number of aliphatic hydroxyl groups is 1. The first-order valence-corrected chi connectivity index (χ1v) is 4.88. The Balaban J connectivity index is 2.95. The number of hydrogen-bond donors (Lipinski definition) is 1. The summed E-state index contributed by atoms with van der Waals surface area (Å²) in [5, 5.41) is 10.1. The van der Waals surface area contributed by atoms with Gasteiger partial charge in [-0.15, -0.1) is 0 Å². The zero-order valence-electron chi connectivity index (χ0n) is 7.71. The third kappa shape index (κ3) is 2.13. The van der Waals surface area contributed by atoms with Crippen LogP contribution in [0.25, 0.3) is 0 Å². The highest BCUT2D eigenvalue weighted by Gasteiger charge is 2.32. The van der Waals surface area contributed by atoms with Gasteiger partial charge in [-0.2, -0.15) is 0 Å². The molecule has 74 valence electrons. The van der Waals surface area contributed by atoms with Gasteiger partial charge in [-0.05, 0) is 28.4 Å². The molecule has 0 saturated heterocycles. The molecule has 0 aliphatic heterocycles. The van der Waals surface area contributed by atoms with E-state index in [1.807, 2.05) is 6.92 Å². The quantitative estimate of drug-likeness (QED) is 0.890. The largest absolute Gasteiger partial charge is 0.465 e. The molecule has 0 spiro atoms. The lowest BCUT2D eigenvalue weighted by atomic mass is 9.99. The van der Waals surface area contributed by atoms with Crippen molar-refractivity contribution in [3.63, 3.8) is 0 Å².